The van der Waals surface area contributed by atoms with Gasteiger partial charge >= 0.3 is 5.97 Å². The van der Waals surface area contributed by atoms with Crippen LogP contribution in [0.15, 0.2) is 47.1 Å². The van der Waals surface area contributed by atoms with Gasteiger partial charge in [0.1, 0.15) is 0 Å². The van der Waals surface area contributed by atoms with Crippen molar-refractivity contribution in [2.75, 3.05) is 13.2 Å². The highest BCUT2D eigenvalue weighted by molar-refractivity contribution is 5.88. The van der Waals surface area contributed by atoms with Gasteiger partial charge in [0.2, 0.25) is 0 Å². The van der Waals surface area contributed by atoms with Gasteiger partial charge in [-0.2, -0.15) is 0 Å². The van der Waals surface area contributed by atoms with Crippen LogP contribution in [0.2, 0.25) is 0 Å². The molecule has 0 radical (unpaired) electrons. The van der Waals surface area contributed by atoms with E-state index in [2.05, 4.69) is 52.5 Å². The van der Waals surface area contributed by atoms with Gasteiger partial charge in [0.25, 0.3) is 0 Å². The fourth-order valence-corrected chi connectivity index (χ4v) is 3.57. The van der Waals surface area contributed by atoms with E-state index in [1.165, 1.54) is 23.1 Å². The number of carbonyl (C=O) groups excluding carboxylic acids is 1. The first-order valence-electron chi connectivity index (χ1n) is 11.3. The average Bonchev–Trinajstić information content (AvgIpc) is 2.68. The molecule has 29 heavy (non-hydrogen) atoms. The van der Waals surface area contributed by atoms with E-state index in [0.29, 0.717) is 24.7 Å². The maximum atomic E-state index is 11.8. The number of allylic oxidation sites excluding steroid dienone is 6. The van der Waals surface area contributed by atoms with Crippen LogP contribution >= 0.6 is 0 Å². The predicted octanol–water partition coefficient (Wildman–Crippen LogP) is 7.10. The minimum absolute atomic E-state index is 0.172. The summed E-state index contributed by atoms with van der Waals surface area (Å²) in [6.07, 6.45) is 15.7. The van der Waals surface area contributed by atoms with Crippen molar-refractivity contribution in [1.29, 1.82) is 0 Å². The summed E-state index contributed by atoms with van der Waals surface area (Å²) in [5.74, 6) is 0.248. The molecule has 1 saturated heterocycles. The van der Waals surface area contributed by atoms with E-state index in [0.717, 1.165) is 44.9 Å². The molecule has 0 aromatic carbocycles. The Morgan fingerprint density at radius 1 is 1.00 bits per heavy atom. The normalized spacial score (nSPS) is 20.3. The smallest absolute Gasteiger partial charge is 0.336 e. The Balaban J connectivity index is 2.23. The van der Waals surface area contributed by atoms with E-state index >= 15 is 0 Å². The average molecular weight is 403 g/mol. The molecule has 3 heteroatoms. The van der Waals surface area contributed by atoms with E-state index < -0.39 is 0 Å². The second-order valence-electron chi connectivity index (χ2n) is 8.55. The summed E-state index contributed by atoms with van der Waals surface area (Å²) in [7, 11) is 0. The van der Waals surface area contributed by atoms with Crippen LogP contribution in [0.1, 0.15) is 86.0 Å². The summed E-state index contributed by atoms with van der Waals surface area (Å²) in [5, 5.41) is 0. The van der Waals surface area contributed by atoms with Crippen molar-refractivity contribution in [3.8, 4) is 0 Å². The van der Waals surface area contributed by atoms with E-state index in [-0.39, 0.29) is 12.1 Å². The van der Waals surface area contributed by atoms with E-state index in [1.807, 2.05) is 6.92 Å². The van der Waals surface area contributed by atoms with Crippen LogP contribution in [0.3, 0.4) is 0 Å². The number of hydrogen-bond acceptors (Lipinski definition) is 3. The molecule has 0 N–H and O–H groups in total. The summed E-state index contributed by atoms with van der Waals surface area (Å²) in [5.41, 5.74) is 4.84. The van der Waals surface area contributed by atoms with Crippen LogP contribution < -0.4 is 0 Å². The second kappa shape index (κ2) is 14.4. The summed E-state index contributed by atoms with van der Waals surface area (Å²) >= 11 is 0. The lowest BCUT2D eigenvalue weighted by molar-refractivity contribution is -0.140. The molecule has 0 saturated carbocycles. The maximum absolute atomic E-state index is 11.8. The van der Waals surface area contributed by atoms with Crippen LogP contribution in [0.5, 0.6) is 0 Å². The molecule has 1 rings (SSSR count). The summed E-state index contributed by atoms with van der Waals surface area (Å²) in [6.45, 7) is 15.5. The van der Waals surface area contributed by atoms with Crippen molar-refractivity contribution >= 4 is 5.97 Å². The topological polar surface area (TPSA) is 35.5 Å². The van der Waals surface area contributed by atoms with Gasteiger partial charge in [-0.3, -0.25) is 0 Å². The lowest BCUT2D eigenvalue weighted by atomic mass is 9.91. The zero-order chi connectivity index (χ0) is 21.6. The van der Waals surface area contributed by atoms with Crippen LogP contribution in [0, 0.1) is 5.92 Å². The molecule has 0 aromatic rings. The molecule has 0 spiro atoms. The van der Waals surface area contributed by atoms with Crippen molar-refractivity contribution in [3.05, 3.63) is 47.1 Å². The second-order valence-corrected chi connectivity index (χ2v) is 8.55. The molecule has 2 atom stereocenters. The third kappa shape index (κ3) is 11.2. The van der Waals surface area contributed by atoms with Crippen LogP contribution in [-0.4, -0.2) is 25.3 Å². The van der Waals surface area contributed by atoms with Gasteiger partial charge in [-0.05, 0) is 91.9 Å². The molecule has 1 fully saturated rings. The Morgan fingerprint density at radius 3 is 2.17 bits per heavy atom. The van der Waals surface area contributed by atoms with Gasteiger partial charge in [0, 0.05) is 0 Å². The number of carbonyl (C=O) groups is 1. The third-order valence-electron chi connectivity index (χ3n) is 5.49. The highest BCUT2D eigenvalue weighted by atomic mass is 16.5. The Bertz CT molecular complexity index is 597. The zero-order valence-electron chi connectivity index (χ0n) is 19.4. The van der Waals surface area contributed by atoms with Crippen LogP contribution in [0.25, 0.3) is 0 Å². The summed E-state index contributed by atoms with van der Waals surface area (Å²) in [6, 6.07) is 0. The summed E-state index contributed by atoms with van der Waals surface area (Å²) < 4.78 is 10.9. The molecular weight excluding hydrogens is 360 g/mol. The van der Waals surface area contributed by atoms with E-state index in [9.17, 15) is 4.79 Å². The molecule has 1 aliphatic rings. The standard InChI is InChI=1S/C26H42O3/c1-7-28-26(27)23(6)25-18-17-24(19-29-25)16-10-15-22(5)14-9-13-21(4)12-8-11-20(2)3/h11,13,15,24-25H,6-10,12,14,16-19H2,1-5H3/b21-13+,22-15+. The largest absolute Gasteiger partial charge is 0.463 e. The molecule has 0 aromatic heterocycles. The lowest BCUT2D eigenvalue weighted by Gasteiger charge is -2.29. The van der Waals surface area contributed by atoms with Gasteiger partial charge in [0.15, 0.2) is 0 Å². The van der Waals surface area contributed by atoms with Gasteiger partial charge in [0.05, 0.1) is 24.9 Å². The van der Waals surface area contributed by atoms with Gasteiger partial charge in [-0.1, -0.05) is 41.5 Å². The SMILES string of the molecule is C=C(C(=O)OCC)C1CCC(CC/C=C(\C)CC/C=C(\C)CCC=C(C)C)CO1. The first-order valence-corrected chi connectivity index (χ1v) is 11.3. The number of ether oxygens (including phenoxy) is 2. The van der Waals surface area contributed by atoms with Crippen molar-refractivity contribution in [1.82, 2.24) is 0 Å². The highest BCUT2D eigenvalue weighted by Gasteiger charge is 2.27. The monoisotopic (exact) mass is 402 g/mol. The van der Waals surface area contributed by atoms with Crippen molar-refractivity contribution < 1.29 is 14.3 Å². The molecule has 0 bridgehead atoms. The molecule has 1 aliphatic heterocycles. The van der Waals surface area contributed by atoms with Crippen LogP contribution in [-0.2, 0) is 14.3 Å². The quantitative estimate of drug-likeness (QED) is 0.198. The van der Waals surface area contributed by atoms with Crippen LogP contribution in [0.4, 0.5) is 0 Å². The fraction of sp³-hybridized carbons (Fsp3) is 0.654. The minimum Gasteiger partial charge on any atom is -0.463 e. The molecule has 2 unspecified atom stereocenters. The number of hydrogen-bond donors (Lipinski definition) is 0. The molecule has 0 amide bonds. The first kappa shape index (κ1) is 25.4. The Morgan fingerprint density at radius 2 is 1.62 bits per heavy atom. The Kier molecular flexibility index (Phi) is 12.6. The van der Waals surface area contributed by atoms with Gasteiger partial charge < -0.3 is 9.47 Å². The Labute approximate surface area is 178 Å². The molecule has 3 nitrogen and oxygen atoms in total. The maximum Gasteiger partial charge on any atom is 0.336 e. The molecule has 1 heterocycles. The van der Waals surface area contributed by atoms with Crippen molar-refractivity contribution in [2.45, 2.75) is 92.1 Å². The van der Waals surface area contributed by atoms with Gasteiger partial charge in [-0.15, -0.1) is 0 Å². The minimum atomic E-state index is -0.323. The molecular formula is C26H42O3. The lowest BCUT2D eigenvalue weighted by Crippen LogP contribution is -2.30. The Hall–Kier alpha value is -1.61. The number of esters is 1. The molecule has 164 valence electrons. The molecule has 0 aliphatic carbocycles. The van der Waals surface area contributed by atoms with Crippen molar-refractivity contribution in [2.24, 2.45) is 5.92 Å². The fourth-order valence-electron chi connectivity index (χ4n) is 3.57. The zero-order valence-corrected chi connectivity index (χ0v) is 19.4. The predicted molar refractivity (Wildman–Crippen MR) is 123 cm³/mol. The van der Waals surface area contributed by atoms with Crippen molar-refractivity contribution in [3.63, 3.8) is 0 Å². The van der Waals surface area contributed by atoms with E-state index in [1.54, 1.807) is 0 Å². The van der Waals surface area contributed by atoms with E-state index in [4.69, 9.17) is 9.47 Å². The summed E-state index contributed by atoms with van der Waals surface area (Å²) in [4.78, 5) is 11.8. The van der Waals surface area contributed by atoms with Gasteiger partial charge in [-0.25, -0.2) is 4.79 Å². The first-order chi connectivity index (χ1) is 13.8. The number of rotatable bonds is 12. The highest BCUT2D eigenvalue weighted by Crippen LogP contribution is 2.27. The third-order valence-corrected chi connectivity index (χ3v) is 5.49.